The van der Waals surface area contributed by atoms with Gasteiger partial charge in [0.05, 0.1) is 12.3 Å². The fraction of sp³-hybridized carbons (Fsp3) is 0.182. The lowest BCUT2D eigenvalue weighted by Crippen LogP contribution is -2.15. The second kappa shape index (κ2) is 5.32. The van der Waals surface area contributed by atoms with E-state index in [1.54, 1.807) is 31.2 Å². The van der Waals surface area contributed by atoms with Crippen LogP contribution in [0.25, 0.3) is 0 Å². The number of aromatic nitrogens is 2. The topological polar surface area (TPSA) is 95.1 Å². The van der Waals surface area contributed by atoms with Gasteiger partial charge in [-0.05, 0) is 35.0 Å². The van der Waals surface area contributed by atoms with Gasteiger partial charge in [0.2, 0.25) is 5.03 Å². The van der Waals surface area contributed by atoms with Gasteiger partial charge in [0, 0.05) is 15.7 Å². The number of halogens is 1. The van der Waals surface area contributed by atoms with Crippen molar-refractivity contribution in [2.75, 3.05) is 4.72 Å². The van der Waals surface area contributed by atoms with Crippen LogP contribution in [0.15, 0.2) is 33.8 Å². The lowest BCUT2D eigenvalue weighted by Gasteiger charge is -2.08. The van der Waals surface area contributed by atoms with Crippen molar-refractivity contribution < 1.29 is 13.5 Å². The fourth-order valence-electron chi connectivity index (χ4n) is 1.58. The van der Waals surface area contributed by atoms with Crippen molar-refractivity contribution in [3.05, 3.63) is 40.0 Å². The van der Waals surface area contributed by atoms with Crippen LogP contribution in [0.2, 0.25) is 0 Å². The Balaban J connectivity index is 2.41. The summed E-state index contributed by atoms with van der Waals surface area (Å²) in [6.07, 6.45) is 0. The van der Waals surface area contributed by atoms with E-state index in [-0.39, 0.29) is 10.6 Å². The van der Waals surface area contributed by atoms with Crippen molar-refractivity contribution in [3.8, 4) is 0 Å². The van der Waals surface area contributed by atoms with E-state index < -0.39 is 16.6 Å². The first-order chi connectivity index (χ1) is 8.95. The lowest BCUT2D eigenvalue weighted by molar-refractivity contribution is 0.277. The van der Waals surface area contributed by atoms with Gasteiger partial charge in [-0.15, -0.1) is 0 Å². The zero-order valence-electron chi connectivity index (χ0n) is 10.0. The first-order valence-electron chi connectivity index (χ1n) is 5.37. The highest BCUT2D eigenvalue weighted by Crippen LogP contribution is 2.25. The molecule has 0 saturated carbocycles. The molecule has 19 heavy (non-hydrogen) atoms. The van der Waals surface area contributed by atoms with Crippen LogP contribution >= 0.6 is 15.9 Å². The van der Waals surface area contributed by atoms with E-state index in [9.17, 15) is 13.5 Å². The Hall–Kier alpha value is -1.38. The molecule has 0 aliphatic carbocycles. The summed E-state index contributed by atoms with van der Waals surface area (Å²) in [5.41, 5.74) is 1.20. The quantitative estimate of drug-likeness (QED) is 0.786. The zero-order valence-corrected chi connectivity index (χ0v) is 12.4. The van der Waals surface area contributed by atoms with Crippen molar-refractivity contribution in [1.29, 1.82) is 0 Å². The molecule has 6 nitrogen and oxygen atoms in total. The van der Waals surface area contributed by atoms with Crippen LogP contribution in [0.4, 0.5) is 5.69 Å². The number of anilines is 1. The summed E-state index contributed by atoms with van der Waals surface area (Å²) in [7, 11) is -3.84. The smallest absolute Gasteiger partial charge is 0.281 e. The van der Waals surface area contributed by atoms with Crippen molar-refractivity contribution in [1.82, 2.24) is 10.2 Å². The van der Waals surface area contributed by atoms with Gasteiger partial charge in [-0.2, -0.15) is 13.5 Å². The Morgan fingerprint density at radius 2 is 2.11 bits per heavy atom. The SMILES string of the molecule is Cc1[nH]nc(S(=O)(=O)Nc2ccccc2Br)c1CO. The molecule has 0 saturated heterocycles. The monoisotopic (exact) mass is 345 g/mol. The molecule has 1 aromatic heterocycles. The first-order valence-corrected chi connectivity index (χ1v) is 7.65. The number of nitrogens with one attached hydrogen (secondary N) is 2. The van der Waals surface area contributed by atoms with E-state index in [0.717, 1.165) is 0 Å². The highest BCUT2D eigenvalue weighted by atomic mass is 79.9. The van der Waals surface area contributed by atoms with Gasteiger partial charge in [-0.1, -0.05) is 12.1 Å². The average molecular weight is 346 g/mol. The number of nitrogens with zero attached hydrogens (tertiary/aromatic N) is 1. The molecule has 3 N–H and O–H groups in total. The summed E-state index contributed by atoms with van der Waals surface area (Å²) in [6, 6.07) is 6.84. The normalized spacial score (nSPS) is 11.5. The molecule has 0 fully saturated rings. The fourth-order valence-corrected chi connectivity index (χ4v) is 3.36. The maximum atomic E-state index is 12.2. The summed E-state index contributed by atoms with van der Waals surface area (Å²) >= 11 is 3.26. The third kappa shape index (κ3) is 2.80. The number of aliphatic hydroxyl groups excluding tert-OH is 1. The second-order valence-corrected chi connectivity index (χ2v) is 6.33. The molecule has 0 aliphatic rings. The van der Waals surface area contributed by atoms with Gasteiger partial charge in [-0.25, -0.2) is 0 Å². The van der Waals surface area contributed by atoms with Crippen LogP contribution in [-0.4, -0.2) is 23.7 Å². The average Bonchev–Trinajstić information content (AvgIpc) is 2.74. The van der Waals surface area contributed by atoms with Crippen LogP contribution in [-0.2, 0) is 16.6 Å². The first kappa shape index (κ1) is 14.0. The molecule has 0 unspecified atom stereocenters. The highest BCUT2D eigenvalue weighted by Gasteiger charge is 2.24. The van der Waals surface area contributed by atoms with E-state index in [4.69, 9.17) is 0 Å². The van der Waals surface area contributed by atoms with Gasteiger partial charge in [-0.3, -0.25) is 9.82 Å². The summed E-state index contributed by atoms with van der Waals surface area (Å²) in [5, 5.41) is 15.3. The molecule has 0 spiro atoms. The van der Waals surface area contributed by atoms with Crippen LogP contribution in [0, 0.1) is 6.92 Å². The van der Waals surface area contributed by atoms with E-state index >= 15 is 0 Å². The molecule has 0 bridgehead atoms. The van der Waals surface area contributed by atoms with Crippen LogP contribution in [0.3, 0.4) is 0 Å². The number of benzene rings is 1. The van der Waals surface area contributed by atoms with E-state index in [1.165, 1.54) is 0 Å². The maximum Gasteiger partial charge on any atom is 0.281 e. The molecule has 0 amide bonds. The lowest BCUT2D eigenvalue weighted by atomic mass is 10.3. The molecule has 1 heterocycles. The standard InChI is InChI=1S/C11H12BrN3O3S/c1-7-8(6-16)11(14-13-7)19(17,18)15-10-5-3-2-4-9(10)12/h2-5,15-16H,6H2,1H3,(H,13,14). The molecule has 0 atom stereocenters. The Kier molecular flexibility index (Phi) is 3.93. The Morgan fingerprint density at radius 1 is 1.42 bits per heavy atom. The number of para-hydroxylation sites is 1. The highest BCUT2D eigenvalue weighted by molar-refractivity contribution is 9.10. The number of H-pyrrole nitrogens is 1. The number of sulfonamides is 1. The third-order valence-corrected chi connectivity index (χ3v) is 4.59. The van der Waals surface area contributed by atoms with Gasteiger partial charge in [0.25, 0.3) is 10.0 Å². The predicted octanol–water partition coefficient (Wildman–Crippen LogP) is 1.77. The van der Waals surface area contributed by atoms with Crippen LogP contribution in [0.5, 0.6) is 0 Å². The van der Waals surface area contributed by atoms with Crippen molar-refractivity contribution >= 4 is 31.6 Å². The molecule has 2 rings (SSSR count). The molecule has 102 valence electrons. The molecule has 0 aliphatic heterocycles. The van der Waals surface area contributed by atoms with Crippen molar-refractivity contribution in [2.24, 2.45) is 0 Å². The molecular formula is C11H12BrN3O3S. The summed E-state index contributed by atoms with van der Waals surface area (Å²) in [6.45, 7) is 1.25. The Labute approximate surface area is 119 Å². The minimum absolute atomic E-state index is 0.191. The Bertz CT molecular complexity index is 697. The van der Waals surface area contributed by atoms with E-state index in [2.05, 4.69) is 30.8 Å². The van der Waals surface area contributed by atoms with Crippen LogP contribution in [0.1, 0.15) is 11.3 Å². The van der Waals surface area contributed by atoms with Gasteiger partial charge < -0.3 is 5.11 Å². The minimum Gasteiger partial charge on any atom is -0.392 e. The van der Waals surface area contributed by atoms with Crippen molar-refractivity contribution in [3.63, 3.8) is 0 Å². The molecule has 8 heteroatoms. The van der Waals surface area contributed by atoms with Crippen LogP contribution < -0.4 is 4.72 Å². The minimum atomic E-state index is -3.84. The van der Waals surface area contributed by atoms with Gasteiger partial charge >= 0.3 is 0 Å². The molecule has 2 aromatic rings. The Morgan fingerprint density at radius 3 is 2.74 bits per heavy atom. The molecular weight excluding hydrogens is 334 g/mol. The van der Waals surface area contributed by atoms with Gasteiger partial charge in [0.1, 0.15) is 0 Å². The third-order valence-electron chi connectivity index (χ3n) is 2.57. The zero-order chi connectivity index (χ0) is 14.0. The summed E-state index contributed by atoms with van der Waals surface area (Å²) in [4.78, 5) is 0. The van der Waals surface area contributed by atoms with Crippen molar-refractivity contribution in [2.45, 2.75) is 18.6 Å². The number of hydrogen-bond acceptors (Lipinski definition) is 4. The number of hydrogen-bond donors (Lipinski definition) is 3. The number of aryl methyl sites for hydroxylation is 1. The van der Waals surface area contributed by atoms with Gasteiger partial charge in [0.15, 0.2) is 0 Å². The number of aromatic amines is 1. The second-order valence-electron chi connectivity index (χ2n) is 3.88. The summed E-state index contributed by atoms with van der Waals surface area (Å²) < 4.78 is 27.5. The largest absolute Gasteiger partial charge is 0.392 e. The number of aliphatic hydroxyl groups is 1. The predicted molar refractivity (Wildman–Crippen MR) is 74.2 cm³/mol. The van der Waals surface area contributed by atoms with E-state index in [0.29, 0.717) is 15.9 Å². The molecule has 0 radical (unpaired) electrons. The number of rotatable bonds is 4. The molecule has 1 aromatic carbocycles. The summed E-state index contributed by atoms with van der Waals surface area (Å²) in [5.74, 6) is 0. The maximum absolute atomic E-state index is 12.2. The van der Waals surface area contributed by atoms with E-state index in [1.807, 2.05) is 0 Å².